The maximum absolute atomic E-state index is 13.5. The molecule has 4 aromatic rings. The summed E-state index contributed by atoms with van der Waals surface area (Å²) < 4.78 is 20.3. The molecule has 3 aromatic carbocycles. The van der Waals surface area contributed by atoms with Gasteiger partial charge in [0.05, 0.1) is 7.11 Å². The molecule has 0 unspecified atom stereocenters. The van der Waals surface area contributed by atoms with E-state index in [9.17, 15) is 9.18 Å². The molecular formula is C25H20FN5O2. The first-order valence-electron chi connectivity index (χ1n) is 10.3. The van der Waals surface area contributed by atoms with E-state index < -0.39 is 0 Å². The van der Waals surface area contributed by atoms with E-state index in [2.05, 4.69) is 20.7 Å². The fraction of sp³-hybridized carbons (Fsp3) is 0.0800. The number of ether oxygens (including phenoxy) is 1. The molecule has 0 fully saturated rings. The van der Waals surface area contributed by atoms with Gasteiger partial charge in [-0.3, -0.25) is 10.1 Å². The monoisotopic (exact) mass is 441 g/mol. The van der Waals surface area contributed by atoms with Gasteiger partial charge in [0.1, 0.15) is 17.6 Å². The molecule has 1 aliphatic heterocycles. The molecule has 2 N–H and O–H groups in total. The summed E-state index contributed by atoms with van der Waals surface area (Å²) in [5.74, 6) is 0.637. The van der Waals surface area contributed by atoms with Gasteiger partial charge in [0.2, 0.25) is 5.95 Å². The highest BCUT2D eigenvalue weighted by Crippen LogP contribution is 2.33. The molecule has 0 bridgehead atoms. The molecule has 0 aliphatic carbocycles. The summed E-state index contributed by atoms with van der Waals surface area (Å²) >= 11 is 0. The van der Waals surface area contributed by atoms with Crippen molar-refractivity contribution in [3.8, 4) is 5.75 Å². The maximum atomic E-state index is 13.5. The summed E-state index contributed by atoms with van der Waals surface area (Å²) in [7, 11) is 1.57. The summed E-state index contributed by atoms with van der Waals surface area (Å²) in [6.45, 7) is 0. The number of halogens is 1. The maximum Gasteiger partial charge on any atom is 0.258 e. The van der Waals surface area contributed by atoms with Crippen molar-refractivity contribution in [2.75, 3.05) is 17.7 Å². The third kappa shape index (κ3) is 4.18. The van der Waals surface area contributed by atoms with E-state index >= 15 is 0 Å². The van der Waals surface area contributed by atoms with Gasteiger partial charge < -0.3 is 10.1 Å². The largest absolute Gasteiger partial charge is 0.497 e. The van der Waals surface area contributed by atoms with Gasteiger partial charge in [-0.2, -0.15) is 4.98 Å². The van der Waals surface area contributed by atoms with Crippen LogP contribution >= 0.6 is 0 Å². The highest BCUT2D eigenvalue weighted by atomic mass is 19.1. The average Bonchev–Trinajstić information content (AvgIpc) is 3.27. The smallest absolute Gasteiger partial charge is 0.258 e. The van der Waals surface area contributed by atoms with E-state index in [1.165, 1.54) is 12.1 Å². The first-order chi connectivity index (χ1) is 16.1. The van der Waals surface area contributed by atoms with Crippen molar-refractivity contribution in [2.24, 2.45) is 0 Å². The van der Waals surface area contributed by atoms with Crippen molar-refractivity contribution in [2.45, 2.75) is 6.04 Å². The van der Waals surface area contributed by atoms with Gasteiger partial charge in [0.15, 0.2) is 0 Å². The quantitative estimate of drug-likeness (QED) is 0.468. The molecule has 5 rings (SSSR count). The number of hydrogen-bond acceptors (Lipinski definition) is 5. The molecule has 7 nitrogen and oxygen atoms in total. The topological polar surface area (TPSA) is 81.1 Å². The molecule has 0 spiro atoms. The third-order valence-corrected chi connectivity index (χ3v) is 5.34. The SMILES string of the molecule is COc1ccc(C(=O)Nc2nc3n(n2)[C@H](c2ccc(F)cc2)C=C(c2ccccc2)N3)cc1. The molecule has 0 saturated heterocycles. The third-order valence-electron chi connectivity index (χ3n) is 5.34. The Bertz CT molecular complexity index is 1320. The molecule has 0 saturated carbocycles. The fourth-order valence-electron chi connectivity index (χ4n) is 3.65. The van der Waals surface area contributed by atoms with Crippen molar-refractivity contribution < 1.29 is 13.9 Å². The minimum atomic E-state index is -0.338. The van der Waals surface area contributed by atoms with Crippen LogP contribution in [-0.2, 0) is 0 Å². The van der Waals surface area contributed by atoms with Crippen molar-refractivity contribution in [1.29, 1.82) is 0 Å². The molecule has 33 heavy (non-hydrogen) atoms. The molecule has 164 valence electrons. The highest BCUT2D eigenvalue weighted by molar-refractivity contribution is 6.03. The number of benzene rings is 3. The summed E-state index contributed by atoms with van der Waals surface area (Å²) in [5.41, 5.74) is 3.11. The van der Waals surface area contributed by atoms with E-state index in [1.54, 1.807) is 48.2 Å². The lowest BCUT2D eigenvalue weighted by atomic mass is 10.0. The summed E-state index contributed by atoms with van der Waals surface area (Å²) in [4.78, 5) is 17.2. The number of carbonyl (C=O) groups is 1. The number of allylic oxidation sites excluding steroid dienone is 1. The van der Waals surface area contributed by atoms with Crippen LogP contribution in [0.4, 0.5) is 16.3 Å². The molecule has 2 heterocycles. The Morgan fingerprint density at radius 2 is 1.76 bits per heavy atom. The minimum Gasteiger partial charge on any atom is -0.497 e. The number of methoxy groups -OCH3 is 1. The first-order valence-corrected chi connectivity index (χ1v) is 10.3. The van der Waals surface area contributed by atoms with Gasteiger partial charge in [-0.25, -0.2) is 9.07 Å². The van der Waals surface area contributed by atoms with Crippen LogP contribution in [0, 0.1) is 5.82 Å². The number of nitrogens with zero attached hydrogens (tertiary/aromatic N) is 3. The Morgan fingerprint density at radius 3 is 2.45 bits per heavy atom. The number of fused-ring (bicyclic) bond motifs is 1. The van der Waals surface area contributed by atoms with E-state index in [0.29, 0.717) is 17.3 Å². The normalized spacial score (nSPS) is 14.6. The van der Waals surface area contributed by atoms with Gasteiger partial charge >= 0.3 is 0 Å². The Labute approximate surface area is 189 Å². The van der Waals surface area contributed by atoms with Crippen LogP contribution in [-0.4, -0.2) is 27.8 Å². The number of aromatic nitrogens is 3. The second kappa shape index (κ2) is 8.58. The average molecular weight is 441 g/mol. The number of rotatable bonds is 5. The van der Waals surface area contributed by atoms with E-state index in [-0.39, 0.29) is 23.7 Å². The van der Waals surface area contributed by atoms with Gasteiger partial charge in [0, 0.05) is 11.3 Å². The van der Waals surface area contributed by atoms with Crippen LogP contribution in [0.15, 0.2) is 84.9 Å². The summed E-state index contributed by atoms with van der Waals surface area (Å²) in [5, 5.41) is 10.5. The molecule has 1 atom stereocenters. The van der Waals surface area contributed by atoms with Crippen molar-refractivity contribution >= 4 is 23.5 Å². The lowest BCUT2D eigenvalue weighted by molar-refractivity contribution is 0.102. The zero-order valence-corrected chi connectivity index (χ0v) is 17.7. The van der Waals surface area contributed by atoms with Gasteiger partial charge in [-0.15, -0.1) is 5.10 Å². The summed E-state index contributed by atoms with van der Waals surface area (Å²) in [6, 6.07) is 22.5. The van der Waals surface area contributed by atoms with Crippen molar-refractivity contribution in [3.05, 3.63) is 107 Å². The van der Waals surface area contributed by atoms with Crippen LogP contribution in [0.5, 0.6) is 5.75 Å². The number of anilines is 2. The molecule has 1 amide bonds. The fourth-order valence-corrected chi connectivity index (χ4v) is 3.65. The predicted molar refractivity (Wildman–Crippen MR) is 124 cm³/mol. The van der Waals surface area contributed by atoms with Gasteiger partial charge in [-0.1, -0.05) is 42.5 Å². The van der Waals surface area contributed by atoms with Gasteiger partial charge in [-0.05, 0) is 53.6 Å². The second-order valence-corrected chi connectivity index (χ2v) is 7.45. The number of carbonyl (C=O) groups excluding carboxylic acids is 1. The number of amides is 1. The van der Waals surface area contributed by atoms with Gasteiger partial charge in [0.25, 0.3) is 11.9 Å². The highest BCUT2D eigenvalue weighted by Gasteiger charge is 2.26. The molecular weight excluding hydrogens is 421 g/mol. The first kappa shape index (κ1) is 20.4. The summed E-state index contributed by atoms with van der Waals surface area (Å²) in [6.07, 6.45) is 2.00. The van der Waals surface area contributed by atoms with Crippen LogP contribution < -0.4 is 15.4 Å². The standard InChI is InChI=1S/C25H20FN5O2/c1-33-20-13-9-18(10-14-20)23(32)28-24-29-25-27-21(16-5-3-2-4-6-16)15-22(31(25)30-24)17-7-11-19(26)12-8-17/h2-15,22H,1H3,(H2,27,28,29,30,32)/t22-/m0/s1. The zero-order valence-electron chi connectivity index (χ0n) is 17.7. The van der Waals surface area contributed by atoms with E-state index in [4.69, 9.17) is 4.74 Å². The second-order valence-electron chi connectivity index (χ2n) is 7.45. The van der Waals surface area contributed by atoms with Crippen molar-refractivity contribution in [3.63, 3.8) is 0 Å². The zero-order chi connectivity index (χ0) is 22.8. The Kier molecular flexibility index (Phi) is 5.32. The molecule has 1 aromatic heterocycles. The molecule has 8 heteroatoms. The lowest BCUT2D eigenvalue weighted by Crippen LogP contribution is -2.20. The van der Waals surface area contributed by atoms with Crippen molar-refractivity contribution in [1.82, 2.24) is 14.8 Å². The van der Waals surface area contributed by atoms with Crippen LogP contribution in [0.25, 0.3) is 5.70 Å². The Hall–Kier alpha value is -4.46. The van der Waals surface area contributed by atoms with Crippen LogP contribution in [0.2, 0.25) is 0 Å². The predicted octanol–water partition coefficient (Wildman–Crippen LogP) is 4.73. The van der Waals surface area contributed by atoms with Crippen LogP contribution in [0.1, 0.15) is 27.5 Å². The molecule has 1 aliphatic rings. The number of nitrogens with one attached hydrogen (secondary N) is 2. The number of hydrogen-bond donors (Lipinski definition) is 2. The Balaban J connectivity index is 1.47. The van der Waals surface area contributed by atoms with E-state index in [0.717, 1.165) is 16.8 Å². The van der Waals surface area contributed by atoms with E-state index in [1.807, 2.05) is 36.4 Å². The van der Waals surface area contributed by atoms with Crippen LogP contribution in [0.3, 0.4) is 0 Å². The minimum absolute atomic E-state index is 0.160. The molecule has 0 radical (unpaired) electrons. The Morgan fingerprint density at radius 1 is 1.03 bits per heavy atom. The lowest BCUT2D eigenvalue weighted by Gasteiger charge is -2.24.